The van der Waals surface area contributed by atoms with Gasteiger partial charge in [0.1, 0.15) is 12.0 Å². The van der Waals surface area contributed by atoms with Crippen LogP contribution in [0.3, 0.4) is 0 Å². The first kappa shape index (κ1) is 19.3. The molecule has 0 bridgehead atoms. The third-order valence-corrected chi connectivity index (χ3v) is 5.51. The maximum absolute atomic E-state index is 14.5. The molecule has 1 heterocycles. The number of aliphatic carboxylic acids is 1. The zero-order chi connectivity index (χ0) is 18.8. The highest BCUT2D eigenvalue weighted by molar-refractivity contribution is 6.40. The lowest BCUT2D eigenvalue weighted by molar-refractivity contribution is -0.139. The van der Waals surface area contributed by atoms with Gasteiger partial charge < -0.3 is 15.2 Å². The van der Waals surface area contributed by atoms with Crippen molar-refractivity contribution in [3.8, 4) is 0 Å². The van der Waals surface area contributed by atoms with Gasteiger partial charge in [0.15, 0.2) is 0 Å². The molecule has 1 aliphatic heterocycles. The number of carbonyl (C=O) groups is 1. The number of carboxylic acid groups (broad SMARTS) is 1. The van der Waals surface area contributed by atoms with Crippen LogP contribution in [0.5, 0.6) is 0 Å². The summed E-state index contributed by atoms with van der Waals surface area (Å²) in [6.07, 6.45) is 1.27. The highest BCUT2D eigenvalue weighted by Gasteiger charge is 2.38. The number of hydrogen-bond donors (Lipinski definition) is 3. The number of likely N-dealkylation sites (tertiary alicyclic amines) is 1. The van der Waals surface area contributed by atoms with Crippen molar-refractivity contribution in [1.29, 1.82) is 0 Å². The fourth-order valence-electron chi connectivity index (χ4n) is 4.26. The maximum atomic E-state index is 14.5. The van der Waals surface area contributed by atoms with E-state index in [1.807, 2.05) is 4.90 Å². The van der Waals surface area contributed by atoms with Gasteiger partial charge in [-0.25, -0.2) is 8.78 Å². The molecule has 8 heteroatoms. The van der Waals surface area contributed by atoms with E-state index in [1.165, 1.54) is 6.07 Å². The van der Waals surface area contributed by atoms with Gasteiger partial charge in [0, 0.05) is 25.2 Å². The molecule has 0 amide bonds. The summed E-state index contributed by atoms with van der Waals surface area (Å²) in [5.41, 5.74) is 1.76. The minimum Gasteiger partial charge on any atom is -0.481 e. The first-order valence-corrected chi connectivity index (χ1v) is 9.11. The van der Waals surface area contributed by atoms with E-state index >= 15 is 0 Å². The van der Waals surface area contributed by atoms with Crippen LogP contribution < -0.4 is 0 Å². The minimum atomic E-state index is -1.40. The van der Waals surface area contributed by atoms with Crippen molar-refractivity contribution in [3.05, 3.63) is 34.6 Å². The topological polar surface area (TPSA) is 81.0 Å². The fraction of sp³-hybridized carbons (Fsp3) is 0.611. The quantitative estimate of drug-likeness (QED) is 0.642. The summed E-state index contributed by atoms with van der Waals surface area (Å²) in [5, 5.41) is 27.6. The predicted octanol–water partition coefficient (Wildman–Crippen LogP) is 1.96. The van der Waals surface area contributed by atoms with Gasteiger partial charge in [-0.1, -0.05) is 12.5 Å². The second kappa shape index (κ2) is 8.02. The van der Waals surface area contributed by atoms with Gasteiger partial charge in [0.05, 0.1) is 5.92 Å². The van der Waals surface area contributed by atoms with Crippen LogP contribution in [0, 0.1) is 11.7 Å². The van der Waals surface area contributed by atoms with Crippen LogP contribution in [-0.4, -0.2) is 52.4 Å². The average Bonchev–Trinajstić information content (AvgIpc) is 3.10. The van der Waals surface area contributed by atoms with Gasteiger partial charge in [0.25, 0.3) is 0 Å². The van der Waals surface area contributed by atoms with Crippen LogP contribution in [0.25, 0.3) is 0 Å². The van der Waals surface area contributed by atoms with Crippen molar-refractivity contribution in [3.63, 3.8) is 0 Å². The van der Waals surface area contributed by atoms with E-state index in [0.29, 0.717) is 48.9 Å². The Kier molecular flexibility index (Phi) is 5.94. The standard InChI is InChI=1S/C18H24BF2NO4/c20-14-3-5-22(10-14)9-13-7-15-12(8-16(13)21)6-11(17(15)18(23)24)2-1-4-19(25)26/h7-8,11,14,17,25-26H,1-6,9-10H2,(H,23,24). The molecule has 1 saturated heterocycles. The Balaban J connectivity index is 1.77. The third kappa shape index (κ3) is 4.24. The van der Waals surface area contributed by atoms with Gasteiger partial charge in [-0.3, -0.25) is 9.69 Å². The highest BCUT2D eigenvalue weighted by atomic mass is 19.1. The van der Waals surface area contributed by atoms with Gasteiger partial charge >= 0.3 is 13.1 Å². The predicted molar refractivity (Wildman–Crippen MR) is 93.0 cm³/mol. The van der Waals surface area contributed by atoms with E-state index in [1.54, 1.807) is 6.07 Å². The number of hydrogen-bond acceptors (Lipinski definition) is 4. The molecule has 2 aliphatic rings. The van der Waals surface area contributed by atoms with Crippen LogP contribution in [-0.2, 0) is 17.8 Å². The second-order valence-electron chi connectivity index (χ2n) is 7.46. The molecule has 5 nitrogen and oxygen atoms in total. The number of rotatable bonds is 7. The summed E-state index contributed by atoms with van der Waals surface area (Å²) >= 11 is 0. The Morgan fingerprint density at radius 3 is 2.73 bits per heavy atom. The van der Waals surface area contributed by atoms with Crippen molar-refractivity contribution in [2.45, 2.75) is 50.6 Å². The molecule has 1 fully saturated rings. The van der Waals surface area contributed by atoms with Gasteiger partial charge in [-0.05, 0) is 48.7 Å². The SMILES string of the molecule is O=C(O)C1c2cc(CN3CCC(F)C3)c(F)cc2CC1CCCB(O)O. The Morgan fingerprint density at radius 2 is 2.12 bits per heavy atom. The Bertz CT molecular complexity index is 673. The number of halogens is 2. The van der Waals surface area contributed by atoms with E-state index in [-0.39, 0.29) is 31.1 Å². The van der Waals surface area contributed by atoms with Crippen LogP contribution in [0.15, 0.2) is 12.1 Å². The zero-order valence-corrected chi connectivity index (χ0v) is 14.6. The van der Waals surface area contributed by atoms with Crippen molar-refractivity contribution in [1.82, 2.24) is 4.90 Å². The Labute approximate surface area is 151 Å². The van der Waals surface area contributed by atoms with Gasteiger partial charge in [-0.15, -0.1) is 0 Å². The smallest absolute Gasteiger partial charge is 0.451 e. The van der Waals surface area contributed by atoms with Crippen molar-refractivity contribution in [2.75, 3.05) is 13.1 Å². The molecule has 3 unspecified atom stereocenters. The molecular weight excluding hydrogens is 343 g/mol. The summed E-state index contributed by atoms with van der Waals surface area (Å²) in [6.45, 7) is 1.14. The van der Waals surface area contributed by atoms with Crippen molar-refractivity contribution >= 4 is 13.1 Å². The first-order valence-electron chi connectivity index (χ1n) is 9.11. The average molecular weight is 367 g/mol. The molecule has 0 spiro atoms. The second-order valence-corrected chi connectivity index (χ2v) is 7.46. The van der Waals surface area contributed by atoms with E-state index in [4.69, 9.17) is 10.0 Å². The minimum absolute atomic E-state index is 0.182. The van der Waals surface area contributed by atoms with Crippen LogP contribution in [0.2, 0.25) is 6.32 Å². The third-order valence-electron chi connectivity index (χ3n) is 5.51. The maximum Gasteiger partial charge on any atom is 0.451 e. The van der Waals surface area contributed by atoms with Crippen molar-refractivity contribution < 1.29 is 28.7 Å². The molecule has 1 aliphatic carbocycles. The summed E-state index contributed by atoms with van der Waals surface area (Å²) in [6, 6.07) is 3.06. The lowest BCUT2D eigenvalue weighted by Gasteiger charge is -2.18. The number of fused-ring (bicyclic) bond motifs is 1. The molecule has 26 heavy (non-hydrogen) atoms. The van der Waals surface area contributed by atoms with Crippen LogP contribution >= 0.6 is 0 Å². The van der Waals surface area contributed by atoms with Gasteiger partial charge in [0.2, 0.25) is 0 Å². The molecule has 0 radical (unpaired) electrons. The van der Waals surface area contributed by atoms with E-state index < -0.39 is 25.2 Å². The molecule has 1 aromatic rings. The monoisotopic (exact) mass is 367 g/mol. The van der Waals surface area contributed by atoms with Crippen molar-refractivity contribution in [2.24, 2.45) is 5.92 Å². The summed E-state index contributed by atoms with van der Waals surface area (Å²) in [5.74, 6) is -2.21. The fourth-order valence-corrected chi connectivity index (χ4v) is 4.26. The summed E-state index contributed by atoms with van der Waals surface area (Å²) in [7, 11) is -1.40. The zero-order valence-electron chi connectivity index (χ0n) is 14.6. The summed E-state index contributed by atoms with van der Waals surface area (Å²) < 4.78 is 27.8. The van der Waals surface area contributed by atoms with E-state index in [0.717, 1.165) is 0 Å². The number of alkyl halides is 1. The first-order chi connectivity index (χ1) is 12.3. The number of benzene rings is 1. The van der Waals surface area contributed by atoms with Crippen LogP contribution in [0.1, 0.15) is 41.9 Å². The number of carboxylic acids is 1. The molecule has 3 rings (SSSR count). The highest BCUT2D eigenvalue weighted by Crippen LogP contribution is 2.42. The van der Waals surface area contributed by atoms with Crippen LogP contribution in [0.4, 0.5) is 8.78 Å². The Morgan fingerprint density at radius 1 is 1.35 bits per heavy atom. The molecule has 0 saturated carbocycles. The molecule has 3 N–H and O–H groups in total. The largest absolute Gasteiger partial charge is 0.481 e. The van der Waals surface area contributed by atoms with E-state index in [9.17, 15) is 18.7 Å². The molecule has 142 valence electrons. The summed E-state index contributed by atoms with van der Waals surface area (Å²) in [4.78, 5) is 13.7. The molecule has 3 atom stereocenters. The molecular formula is C18H24BF2NO4. The van der Waals surface area contributed by atoms with E-state index in [2.05, 4.69) is 0 Å². The molecule has 0 aromatic heterocycles. The lowest BCUT2D eigenvalue weighted by atomic mass is 9.80. The number of nitrogens with zero attached hydrogens (tertiary/aromatic N) is 1. The van der Waals surface area contributed by atoms with Gasteiger partial charge in [-0.2, -0.15) is 0 Å². The molecule has 1 aromatic carbocycles. The normalized spacial score (nSPS) is 25.5. The lowest BCUT2D eigenvalue weighted by Crippen LogP contribution is -2.22. The Hall–Kier alpha value is -1.51.